The number of rotatable bonds is 4. The van der Waals surface area contributed by atoms with Crippen molar-refractivity contribution in [3.8, 4) is 0 Å². The van der Waals surface area contributed by atoms with Gasteiger partial charge in [-0.25, -0.2) is 0 Å². The van der Waals surface area contributed by atoms with E-state index in [9.17, 15) is 0 Å². The predicted molar refractivity (Wildman–Crippen MR) is 58.1 cm³/mol. The van der Waals surface area contributed by atoms with Crippen LogP contribution >= 0.6 is 0 Å². The van der Waals surface area contributed by atoms with Gasteiger partial charge in [-0.15, -0.1) is 6.58 Å². The summed E-state index contributed by atoms with van der Waals surface area (Å²) in [5.41, 5.74) is 5.94. The molecule has 0 aliphatic heterocycles. The Morgan fingerprint density at radius 1 is 1.42 bits per heavy atom. The topological polar surface area (TPSA) is 26.0 Å². The molecular weight excluding hydrogens is 146 g/mol. The van der Waals surface area contributed by atoms with E-state index in [2.05, 4.69) is 31.4 Å². The van der Waals surface area contributed by atoms with Crippen molar-refractivity contribution in [2.45, 2.75) is 26.7 Å². The first kappa shape index (κ1) is 13.7. The van der Waals surface area contributed by atoms with Crippen molar-refractivity contribution >= 4 is 0 Å². The maximum Gasteiger partial charge on any atom is -0.0138 e. The Kier molecular flexibility index (Phi) is 14.7. The van der Waals surface area contributed by atoms with E-state index in [0.29, 0.717) is 0 Å². The van der Waals surface area contributed by atoms with E-state index in [0.717, 1.165) is 12.8 Å². The smallest absolute Gasteiger partial charge is 0.0138 e. The minimum atomic E-state index is 1.01. The van der Waals surface area contributed by atoms with Crippen molar-refractivity contribution in [3.05, 3.63) is 36.5 Å². The summed E-state index contributed by atoms with van der Waals surface area (Å²) in [7, 11) is 1.50. The van der Waals surface area contributed by atoms with Crippen LogP contribution in [0.2, 0.25) is 0 Å². The fourth-order valence-corrected chi connectivity index (χ4v) is 0.748. The van der Waals surface area contributed by atoms with Crippen LogP contribution in [0.15, 0.2) is 36.5 Å². The molecule has 0 atom stereocenters. The lowest BCUT2D eigenvalue weighted by Gasteiger charge is -1.95. The lowest BCUT2D eigenvalue weighted by molar-refractivity contribution is 1.03. The van der Waals surface area contributed by atoms with Crippen LogP contribution in [0.4, 0.5) is 0 Å². The van der Waals surface area contributed by atoms with E-state index in [1.165, 1.54) is 12.6 Å². The van der Waals surface area contributed by atoms with Gasteiger partial charge in [-0.05, 0) is 26.8 Å². The second kappa shape index (κ2) is 12.8. The summed E-state index contributed by atoms with van der Waals surface area (Å²) in [4.78, 5) is 0. The molecule has 70 valence electrons. The minimum absolute atomic E-state index is 1.01. The SMILES string of the molecule is C=CC/C(=C\C=C/C)CC.CN. The first-order valence-electron chi connectivity index (χ1n) is 4.34. The van der Waals surface area contributed by atoms with Crippen molar-refractivity contribution in [2.75, 3.05) is 7.05 Å². The molecule has 1 nitrogen and oxygen atoms in total. The monoisotopic (exact) mass is 167 g/mol. The molecule has 0 amide bonds. The Morgan fingerprint density at radius 2 is 2.00 bits per heavy atom. The Hall–Kier alpha value is -0.820. The molecule has 0 aromatic carbocycles. The van der Waals surface area contributed by atoms with Crippen LogP contribution in [0.5, 0.6) is 0 Å². The van der Waals surface area contributed by atoms with Gasteiger partial charge in [0.05, 0.1) is 0 Å². The van der Waals surface area contributed by atoms with Gasteiger partial charge in [0, 0.05) is 0 Å². The third-order valence-corrected chi connectivity index (χ3v) is 1.39. The second-order valence-corrected chi connectivity index (χ2v) is 2.20. The molecule has 0 saturated carbocycles. The van der Waals surface area contributed by atoms with Gasteiger partial charge in [0.2, 0.25) is 0 Å². The molecule has 0 aliphatic rings. The van der Waals surface area contributed by atoms with Crippen LogP contribution in [0.3, 0.4) is 0 Å². The summed E-state index contributed by atoms with van der Waals surface area (Å²) in [6.07, 6.45) is 10.3. The lowest BCUT2D eigenvalue weighted by atomic mass is 10.1. The molecule has 0 spiro atoms. The van der Waals surface area contributed by atoms with Crippen molar-refractivity contribution in [1.29, 1.82) is 0 Å². The van der Waals surface area contributed by atoms with E-state index in [-0.39, 0.29) is 0 Å². The van der Waals surface area contributed by atoms with Crippen molar-refractivity contribution in [3.63, 3.8) is 0 Å². The van der Waals surface area contributed by atoms with Gasteiger partial charge in [0.15, 0.2) is 0 Å². The largest absolute Gasteiger partial charge is 0.333 e. The molecule has 0 radical (unpaired) electrons. The van der Waals surface area contributed by atoms with E-state index >= 15 is 0 Å². The molecule has 0 fully saturated rings. The highest BCUT2D eigenvalue weighted by atomic mass is 14.4. The fraction of sp³-hybridized carbons (Fsp3) is 0.455. The minimum Gasteiger partial charge on any atom is -0.333 e. The van der Waals surface area contributed by atoms with Crippen LogP contribution in [-0.2, 0) is 0 Å². The van der Waals surface area contributed by atoms with E-state index in [1.807, 2.05) is 19.1 Å². The zero-order valence-electron chi connectivity index (χ0n) is 8.51. The molecule has 1 heteroatoms. The Labute approximate surface area is 76.7 Å². The molecule has 12 heavy (non-hydrogen) atoms. The summed E-state index contributed by atoms with van der Waals surface area (Å²) in [5, 5.41) is 0. The molecule has 0 aliphatic carbocycles. The molecule has 0 aromatic rings. The molecule has 0 rings (SSSR count). The molecule has 0 aromatic heterocycles. The van der Waals surface area contributed by atoms with Crippen LogP contribution < -0.4 is 5.73 Å². The zero-order chi connectivity index (χ0) is 9.82. The third-order valence-electron chi connectivity index (χ3n) is 1.39. The standard InChI is InChI=1S/C10H16.CH5N/c1-4-7-9-10(6-3)8-5-2;1-2/h4-5,7,9H,2,6,8H2,1,3H3;2H2,1H3/b7-4-,10-9-;. The number of hydrogen-bond acceptors (Lipinski definition) is 1. The van der Waals surface area contributed by atoms with Gasteiger partial charge in [-0.3, -0.25) is 0 Å². The summed E-state index contributed by atoms with van der Waals surface area (Å²) in [6, 6.07) is 0. The van der Waals surface area contributed by atoms with E-state index in [1.54, 1.807) is 0 Å². The average Bonchev–Trinajstić information content (AvgIpc) is 2.15. The highest BCUT2D eigenvalue weighted by Gasteiger charge is 1.85. The highest BCUT2D eigenvalue weighted by Crippen LogP contribution is 2.06. The highest BCUT2D eigenvalue weighted by molar-refractivity contribution is 5.13. The van der Waals surface area contributed by atoms with E-state index in [4.69, 9.17) is 0 Å². The Bertz CT molecular complexity index is 143. The predicted octanol–water partition coefficient (Wildman–Crippen LogP) is 3.05. The second-order valence-electron chi connectivity index (χ2n) is 2.20. The average molecular weight is 167 g/mol. The molecule has 0 bridgehead atoms. The van der Waals surface area contributed by atoms with Crippen molar-refractivity contribution < 1.29 is 0 Å². The molecule has 0 unspecified atom stereocenters. The van der Waals surface area contributed by atoms with Gasteiger partial charge in [0.25, 0.3) is 0 Å². The lowest BCUT2D eigenvalue weighted by Crippen LogP contribution is -1.75. The summed E-state index contributed by atoms with van der Waals surface area (Å²) >= 11 is 0. The van der Waals surface area contributed by atoms with Gasteiger partial charge >= 0.3 is 0 Å². The van der Waals surface area contributed by atoms with Gasteiger partial charge in [0.1, 0.15) is 0 Å². The Balaban J connectivity index is 0. The third kappa shape index (κ3) is 9.18. The molecule has 2 N–H and O–H groups in total. The maximum absolute atomic E-state index is 4.50. The van der Waals surface area contributed by atoms with Gasteiger partial charge < -0.3 is 5.73 Å². The normalized spacial score (nSPS) is 10.8. The van der Waals surface area contributed by atoms with Crippen LogP contribution in [-0.4, -0.2) is 7.05 Å². The molecular formula is C11H21N. The van der Waals surface area contributed by atoms with Crippen LogP contribution in [0.1, 0.15) is 26.7 Å². The summed E-state index contributed by atoms with van der Waals surface area (Å²) in [6.45, 7) is 7.88. The van der Waals surface area contributed by atoms with Crippen LogP contribution in [0.25, 0.3) is 0 Å². The Morgan fingerprint density at radius 3 is 2.33 bits per heavy atom. The number of allylic oxidation sites excluding steroid dienone is 5. The van der Waals surface area contributed by atoms with E-state index < -0.39 is 0 Å². The number of hydrogen-bond donors (Lipinski definition) is 1. The fourth-order valence-electron chi connectivity index (χ4n) is 0.748. The molecule has 0 heterocycles. The van der Waals surface area contributed by atoms with Crippen molar-refractivity contribution in [2.24, 2.45) is 5.73 Å². The van der Waals surface area contributed by atoms with Gasteiger partial charge in [-0.2, -0.15) is 0 Å². The summed E-state index contributed by atoms with van der Waals surface area (Å²) in [5.74, 6) is 0. The quantitative estimate of drug-likeness (QED) is 0.505. The molecule has 0 saturated heterocycles. The van der Waals surface area contributed by atoms with Crippen LogP contribution in [0, 0.1) is 0 Å². The number of nitrogens with two attached hydrogens (primary N) is 1. The first-order chi connectivity index (χ1) is 5.85. The maximum atomic E-state index is 4.50. The zero-order valence-corrected chi connectivity index (χ0v) is 8.51. The van der Waals surface area contributed by atoms with Gasteiger partial charge in [-0.1, -0.05) is 36.8 Å². The van der Waals surface area contributed by atoms with Crippen molar-refractivity contribution in [1.82, 2.24) is 0 Å². The summed E-state index contributed by atoms with van der Waals surface area (Å²) < 4.78 is 0. The first-order valence-corrected chi connectivity index (χ1v) is 4.34.